The largest absolute Gasteiger partial charge is 0.352 e. The molecule has 0 radical (unpaired) electrons. The fourth-order valence-electron chi connectivity index (χ4n) is 3.20. The number of halogens is 1. The average Bonchev–Trinajstić information content (AvgIpc) is 3.36. The Kier molecular flexibility index (Phi) is 6.76. The van der Waals surface area contributed by atoms with E-state index in [4.69, 9.17) is 11.6 Å². The van der Waals surface area contributed by atoms with Gasteiger partial charge in [-0.2, -0.15) is 5.10 Å². The number of anilines is 1. The summed E-state index contributed by atoms with van der Waals surface area (Å²) >= 11 is 5.84. The first-order valence-electron chi connectivity index (χ1n) is 10.2. The van der Waals surface area contributed by atoms with Crippen LogP contribution in [0.5, 0.6) is 0 Å². The Bertz CT molecular complexity index is 1340. The van der Waals surface area contributed by atoms with Crippen molar-refractivity contribution in [2.24, 2.45) is 0 Å². The number of aromatic nitrogens is 2. The van der Waals surface area contributed by atoms with Crippen molar-refractivity contribution >= 4 is 33.2 Å². The molecule has 33 heavy (non-hydrogen) atoms. The van der Waals surface area contributed by atoms with Crippen LogP contribution in [0.3, 0.4) is 0 Å². The van der Waals surface area contributed by atoms with E-state index in [1.165, 1.54) is 12.1 Å². The molecule has 0 spiro atoms. The van der Waals surface area contributed by atoms with Gasteiger partial charge in [0.05, 0.1) is 10.6 Å². The number of carbonyl (C=O) groups excluding carboxylic acids is 1. The second-order valence-electron chi connectivity index (χ2n) is 7.26. The minimum absolute atomic E-state index is 0.000639. The fourth-order valence-corrected chi connectivity index (χ4v) is 4.43. The zero-order valence-corrected chi connectivity index (χ0v) is 19.1. The molecule has 7 nitrogen and oxygen atoms in total. The number of hydrogen-bond donors (Lipinski definition) is 2. The topological polar surface area (TPSA) is 93.1 Å². The first-order valence-corrected chi connectivity index (χ1v) is 12.0. The molecule has 168 valence electrons. The first kappa shape index (κ1) is 22.6. The lowest BCUT2D eigenvalue weighted by Gasteiger charge is -2.10. The molecule has 4 rings (SSSR count). The van der Waals surface area contributed by atoms with Crippen LogP contribution in [0.1, 0.15) is 15.9 Å². The number of amides is 1. The van der Waals surface area contributed by atoms with Gasteiger partial charge in [0.1, 0.15) is 0 Å². The highest BCUT2D eigenvalue weighted by Crippen LogP contribution is 2.19. The Hall–Kier alpha value is -3.62. The van der Waals surface area contributed by atoms with Gasteiger partial charge >= 0.3 is 0 Å². The normalized spacial score (nSPS) is 11.2. The summed E-state index contributed by atoms with van der Waals surface area (Å²) in [6.45, 7) is 0.417. The van der Waals surface area contributed by atoms with Gasteiger partial charge in [-0.1, -0.05) is 29.8 Å². The summed E-state index contributed by atoms with van der Waals surface area (Å²) in [5, 5.41) is 7.54. The number of benzene rings is 3. The van der Waals surface area contributed by atoms with Gasteiger partial charge in [0.15, 0.2) is 0 Å². The highest BCUT2D eigenvalue weighted by Gasteiger charge is 2.16. The molecular formula is C24H21ClN4O3S. The van der Waals surface area contributed by atoms with Crippen LogP contribution in [-0.4, -0.2) is 30.7 Å². The van der Waals surface area contributed by atoms with Crippen molar-refractivity contribution in [1.29, 1.82) is 0 Å². The van der Waals surface area contributed by atoms with Crippen molar-refractivity contribution in [3.63, 3.8) is 0 Å². The van der Waals surface area contributed by atoms with Crippen LogP contribution < -0.4 is 10.0 Å². The van der Waals surface area contributed by atoms with E-state index in [0.717, 1.165) is 11.3 Å². The zero-order valence-electron chi connectivity index (χ0n) is 17.5. The lowest BCUT2D eigenvalue weighted by atomic mass is 10.1. The van der Waals surface area contributed by atoms with E-state index >= 15 is 0 Å². The Balaban J connectivity index is 1.36. The molecule has 0 fully saturated rings. The maximum atomic E-state index is 12.7. The van der Waals surface area contributed by atoms with Gasteiger partial charge in [-0.15, -0.1) is 0 Å². The predicted molar refractivity (Wildman–Crippen MR) is 128 cm³/mol. The summed E-state index contributed by atoms with van der Waals surface area (Å²) in [5.74, 6) is -0.341. The maximum absolute atomic E-state index is 12.7. The predicted octanol–water partition coefficient (Wildman–Crippen LogP) is 4.30. The lowest BCUT2D eigenvalue weighted by molar-refractivity contribution is 0.0954. The molecule has 0 unspecified atom stereocenters. The van der Waals surface area contributed by atoms with Crippen LogP contribution in [0, 0.1) is 0 Å². The van der Waals surface area contributed by atoms with E-state index in [0.29, 0.717) is 23.7 Å². The third-order valence-corrected chi connectivity index (χ3v) is 6.54. The van der Waals surface area contributed by atoms with Crippen LogP contribution in [-0.2, 0) is 16.4 Å². The van der Waals surface area contributed by atoms with Crippen LogP contribution in [0.4, 0.5) is 5.69 Å². The Morgan fingerprint density at radius 3 is 2.42 bits per heavy atom. The minimum Gasteiger partial charge on any atom is -0.352 e. The quantitative estimate of drug-likeness (QED) is 0.393. The van der Waals surface area contributed by atoms with E-state index < -0.39 is 10.0 Å². The third kappa shape index (κ3) is 5.79. The van der Waals surface area contributed by atoms with Crippen LogP contribution in [0.25, 0.3) is 5.69 Å². The van der Waals surface area contributed by atoms with Crippen LogP contribution in [0.2, 0.25) is 5.02 Å². The molecule has 4 aromatic rings. The number of carbonyl (C=O) groups is 1. The SMILES string of the molecule is O=C(NCCc1ccc(-n2cccn2)cc1)c1cccc(S(=O)(=O)Nc2ccc(Cl)cc2)c1. The van der Waals surface area contributed by atoms with E-state index in [1.807, 2.05) is 36.5 Å². The van der Waals surface area contributed by atoms with Gasteiger partial charge < -0.3 is 5.32 Å². The number of sulfonamides is 1. The molecule has 9 heteroatoms. The van der Waals surface area contributed by atoms with Gasteiger partial charge in [-0.25, -0.2) is 13.1 Å². The molecule has 1 heterocycles. The van der Waals surface area contributed by atoms with Crippen molar-refractivity contribution in [2.45, 2.75) is 11.3 Å². The molecule has 1 amide bonds. The summed E-state index contributed by atoms with van der Waals surface area (Å²) in [6.07, 6.45) is 4.23. The monoisotopic (exact) mass is 480 g/mol. The average molecular weight is 481 g/mol. The molecule has 0 aliphatic rings. The summed E-state index contributed by atoms with van der Waals surface area (Å²) in [4.78, 5) is 12.6. The number of rotatable bonds is 8. The van der Waals surface area contributed by atoms with Gasteiger partial charge in [-0.3, -0.25) is 9.52 Å². The Morgan fingerprint density at radius 1 is 0.970 bits per heavy atom. The minimum atomic E-state index is -3.85. The summed E-state index contributed by atoms with van der Waals surface area (Å²) in [6, 6.07) is 22.0. The Morgan fingerprint density at radius 2 is 1.73 bits per heavy atom. The Labute approximate surface area is 197 Å². The van der Waals surface area contributed by atoms with Crippen LogP contribution >= 0.6 is 11.6 Å². The van der Waals surface area contributed by atoms with Gasteiger partial charge in [0, 0.05) is 35.2 Å². The smallest absolute Gasteiger partial charge is 0.261 e. The van der Waals surface area contributed by atoms with Gasteiger partial charge in [0.25, 0.3) is 15.9 Å². The molecule has 0 saturated carbocycles. The summed E-state index contributed by atoms with van der Waals surface area (Å²) < 4.78 is 29.6. The number of hydrogen-bond acceptors (Lipinski definition) is 4. The molecule has 0 saturated heterocycles. The highest BCUT2D eigenvalue weighted by atomic mass is 35.5. The van der Waals surface area contributed by atoms with Crippen molar-refractivity contribution < 1.29 is 13.2 Å². The van der Waals surface area contributed by atoms with E-state index in [-0.39, 0.29) is 16.4 Å². The lowest BCUT2D eigenvalue weighted by Crippen LogP contribution is -2.26. The molecule has 2 N–H and O–H groups in total. The molecule has 1 aromatic heterocycles. The van der Waals surface area contributed by atoms with Gasteiger partial charge in [-0.05, 0) is 72.6 Å². The first-order chi connectivity index (χ1) is 15.9. The van der Waals surface area contributed by atoms with Crippen molar-refractivity contribution in [3.8, 4) is 5.69 Å². The van der Waals surface area contributed by atoms with Crippen molar-refractivity contribution in [2.75, 3.05) is 11.3 Å². The second-order valence-corrected chi connectivity index (χ2v) is 9.38. The van der Waals surface area contributed by atoms with Crippen molar-refractivity contribution in [3.05, 3.63) is 107 Å². The fraction of sp³-hybridized carbons (Fsp3) is 0.0833. The van der Waals surface area contributed by atoms with E-state index in [1.54, 1.807) is 47.3 Å². The third-order valence-electron chi connectivity index (χ3n) is 4.91. The van der Waals surface area contributed by atoms with E-state index in [9.17, 15) is 13.2 Å². The zero-order chi connectivity index (χ0) is 23.3. The number of nitrogens with zero attached hydrogens (tertiary/aromatic N) is 2. The molecule has 0 bridgehead atoms. The molecule has 0 atom stereocenters. The molecule has 0 aliphatic heterocycles. The van der Waals surface area contributed by atoms with Gasteiger partial charge in [0.2, 0.25) is 0 Å². The maximum Gasteiger partial charge on any atom is 0.261 e. The second kappa shape index (κ2) is 9.89. The molecule has 0 aliphatic carbocycles. The highest BCUT2D eigenvalue weighted by molar-refractivity contribution is 7.92. The standard InChI is InChI=1S/C24H21ClN4O3S/c25-20-7-9-21(10-8-20)28-33(31,32)23-4-1-3-19(17-23)24(30)26-15-13-18-5-11-22(12-6-18)29-16-2-14-27-29/h1-12,14,16-17,28H,13,15H2,(H,26,30). The van der Waals surface area contributed by atoms with Crippen molar-refractivity contribution in [1.82, 2.24) is 15.1 Å². The summed E-state index contributed by atoms with van der Waals surface area (Å²) in [7, 11) is -3.85. The summed E-state index contributed by atoms with van der Waals surface area (Å²) in [5.41, 5.74) is 2.67. The van der Waals surface area contributed by atoms with Crippen LogP contribution in [0.15, 0.2) is 96.2 Å². The molecular weight excluding hydrogens is 460 g/mol. The van der Waals surface area contributed by atoms with E-state index in [2.05, 4.69) is 15.1 Å². The number of nitrogens with one attached hydrogen (secondary N) is 2. The molecule has 3 aromatic carbocycles.